The van der Waals surface area contributed by atoms with E-state index in [9.17, 15) is 13.6 Å². The van der Waals surface area contributed by atoms with Crippen LogP contribution in [0.1, 0.15) is 19.3 Å². The lowest BCUT2D eigenvalue weighted by molar-refractivity contribution is 0.0839. The molecule has 1 saturated carbocycles. The van der Waals surface area contributed by atoms with Gasteiger partial charge >= 0.3 is 6.09 Å². The Kier molecular flexibility index (Phi) is 2.83. The standard InChI is InChI=1S/C7H11F2NO2/c8-4-2-1-3-5(6(4)9)10-7(11)12/h4-6,10H,1-3H2,(H,11,12). The van der Waals surface area contributed by atoms with Gasteiger partial charge in [0.05, 0.1) is 6.04 Å². The fourth-order valence-electron chi connectivity index (χ4n) is 1.41. The van der Waals surface area contributed by atoms with Gasteiger partial charge in [-0.15, -0.1) is 0 Å². The van der Waals surface area contributed by atoms with Crippen molar-refractivity contribution < 1.29 is 18.7 Å². The van der Waals surface area contributed by atoms with Crippen LogP contribution in [0.4, 0.5) is 13.6 Å². The van der Waals surface area contributed by atoms with E-state index < -0.39 is 24.5 Å². The van der Waals surface area contributed by atoms with Crippen LogP contribution in [0.2, 0.25) is 0 Å². The topological polar surface area (TPSA) is 49.3 Å². The van der Waals surface area contributed by atoms with Gasteiger partial charge in [0.1, 0.15) is 6.17 Å². The summed E-state index contributed by atoms with van der Waals surface area (Å²) in [7, 11) is 0. The molecule has 70 valence electrons. The van der Waals surface area contributed by atoms with Crippen LogP contribution >= 0.6 is 0 Å². The average molecular weight is 179 g/mol. The Labute approximate surface area is 68.8 Å². The Morgan fingerprint density at radius 1 is 1.42 bits per heavy atom. The summed E-state index contributed by atoms with van der Waals surface area (Å²) in [6.45, 7) is 0. The van der Waals surface area contributed by atoms with E-state index in [0.717, 1.165) is 0 Å². The molecule has 0 aromatic carbocycles. The minimum absolute atomic E-state index is 0.193. The summed E-state index contributed by atoms with van der Waals surface area (Å²) in [6.07, 6.45) is -3.39. The second kappa shape index (κ2) is 3.69. The number of carbonyl (C=O) groups is 1. The van der Waals surface area contributed by atoms with Crippen LogP contribution in [-0.2, 0) is 0 Å². The van der Waals surface area contributed by atoms with E-state index in [1.807, 2.05) is 5.32 Å². The first-order valence-electron chi connectivity index (χ1n) is 3.89. The Morgan fingerprint density at radius 3 is 2.67 bits per heavy atom. The summed E-state index contributed by atoms with van der Waals surface area (Å²) in [5.41, 5.74) is 0. The van der Waals surface area contributed by atoms with Gasteiger partial charge in [-0.3, -0.25) is 0 Å². The lowest BCUT2D eigenvalue weighted by Gasteiger charge is -2.28. The number of hydrogen-bond donors (Lipinski definition) is 2. The highest BCUT2D eigenvalue weighted by Gasteiger charge is 2.34. The molecule has 3 atom stereocenters. The molecule has 2 N–H and O–H groups in total. The molecular weight excluding hydrogens is 168 g/mol. The smallest absolute Gasteiger partial charge is 0.404 e. The summed E-state index contributed by atoms with van der Waals surface area (Å²) in [6, 6.07) is -0.869. The molecule has 0 aliphatic heterocycles. The van der Waals surface area contributed by atoms with Crippen molar-refractivity contribution in [1.82, 2.24) is 5.32 Å². The van der Waals surface area contributed by atoms with Gasteiger partial charge < -0.3 is 10.4 Å². The van der Waals surface area contributed by atoms with Crippen molar-refractivity contribution in [3.8, 4) is 0 Å². The molecule has 0 bridgehead atoms. The van der Waals surface area contributed by atoms with Crippen molar-refractivity contribution in [3.05, 3.63) is 0 Å². The zero-order valence-corrected chi connectivity index (χ0v) is 6.46. The Morgan fingerprint density at radius 2 is 2.08 bits per heavy atom. The molecule has 0 saturated heterocycles. The van der Waals surface area contributed by atoms with Crippen LogP contribution in [0.5, 0.6) is 0 Å². The maximum Gasteiger partial charge on any atom is 0.404 e. The van der Waals surface area contributed by atoms with Crippen LogP contribution in [0.15, 0.2) is 0 Å². The molecule has 0 aromatic heterocycles. The third kappa shape index (κ3) is 2.06. The Hall–Kier alpha value is -0.870. The van der Waals surface area contributed by atoms with Gasteiger partial charge in [0.25, 0.3) is 0 Å². The van der Waals surface area contributed by atoms with Crippen LogP contribution in [0, 0.1) is 0 Å². The molecule has 1 amide bonds. The van der Waals surface area contributed by atoms with Crippen LogP contribution in [0.3, 0.4) is 0 Å². The van der Waals surface area contributed by atoms with Crippen molar-refractivity contribution in [2.45, 2.75) is 37.6 Å². The van der Waals surface area contributed by atoms with E-state index in [0.29, 0.717) is 12.8 Å². The van der Waals surface area contributed by atoms with Crippen LogP contribution in [-0.4, -0.2) is 29.6 Å². The van der Waals surface area contributed by atoms with E-state index in [-0.39, 0.29) is 6.42 Å². The molecule has 5 heteroatoms. The molecule has 0 heterocycles. The molecular formula is C7H11F2NO2. The molecule has 1 fully saturated rings. The first-order valence-corrected chi connectivity index (χ1v) is 3.89. The fraction of sp³-hybridized carbons (Fsp3) is 0.857. The Bertz CT molecular complexity index is 177. The third-order valence-corrected chi connectivity index (χ3v) is 2.03. The van der Waals surface area contributed by atoms with Crippen molar-refractivity contribution in [3.63, 3.8) is 0 Å². The van der Waals surface area contributed by atoms with E-state index >= 15 is 0 Å². The molecule has 3 unspecified atom stereocenters. The predicted octanol–water partition coefficient (Wildman–Crippen LogP) is 1.48. The van der Waals surface area contributed by atoms with Crippen molar-refractivity contribution >= 4 is 6.09 Å². The van der Waals surface area contributed by atoms with Gasteiger partial charge in [-0.05, 0) is 19.3 Å². The second-order valence-corrected chi connectivity index (χ2v) is 2.95. The van der Waals surface area contributed by atoms with Crippen molar-refractivity contribution in [2.24, 2.45) is 0 Å². The minimum Gasteiger partial charge on any atom is -0.465 e. The van der Waals surface area contributed by atoms with E-state index in [1.165, 1.54) is 0 Å². The molecule has 3 nitrogen and oxygen atoms in total. The van der Waals surface area contributed by atoms with E-state index in [1.54, 1.807) is 0 Å². The summed E-state index contributed by atoms with van der Waals surface area (Å²) >= 11 is 0. The van der Waals surface area contributed by atoms with Gasteiger partial charge in [-0.2, -0.15) is 0 Å². The van der Waals surface area contributed by atoms with E-state index in [2.05, 4.69) is 0 Å². The number of carboxylic acid groups (broad SMARTS) is 1. The number of hydrogen-bond acceptors (Lipinski definition) is 1. The molecule has 1 aliphatic rings. The highest BCUT2D eigenvalue weighted by Crippen LogP contribution is 2.24. The number of amides is 1. The monoisotopic (exact) mass is 179 g/mol. The number of alkyl halides is 2. The number of nitrogens with one attached hydrogen (secondary N) is 1. The molecule has 0 radical (unpaired) electrons. The lowest BCUT2D eigenvalue weighted by Crippen LogP contribution is -2.47. The third-order valence-electron chi connectivity index (χ3n) is 2.03. The second-order valence-electron chi connectivity index (χ2n) is 2.95. The number of rotatable bonds is 1. The predicted molar refractivity (Wildman–Crippen MR) is 38.6 cm³/mol. The van der Waals surface area contributed by atoms with Gasteiger partial charge in [0.2, 0.25) is 0 Å². The minimum atomic E-state index is -1.69. The zero-order chi connectivity index (χ0) is 9.14. The van der Waals surface area contributed by atoms with Gasteiger partial charge in [-0.1, -0.05) is 0 Å². The molecule has 1 rings (SSSR count). The first kappa shape index (κ1) is 9.22. The van der Waals surface area contributed by atoms with Crippen LogP contribution < -0.4 is 5.32 Å². The normalized spacial score (nSPS) is 36.0. The van der Waals surface area contributed by atoms with E-state index in [4.69, 9.17) is 5.11 Å². The average Bonchev–Trinajstić information content (AvgIpc) is 1.98. The van der Waals surface area contributed by atoms with Gasteiger partial charge in [-0.25, -0.2) is 13.6 Å². The lowest BCUT2D eigenvalue weighted by atomic mass is 9.92. The maximum absolute atomic E-state index is 12.9. The highest BCUT2D eigenvalue weighted by atomic mass is 19.2. The molecule has 12 heavy (non-hydrogen) atoms. The van der Waals surface area contributed by atoms with Crippen LogP contribution in [0.25, 0.3) is 0 Å². The zero-order valence-electron chi connectivity index (χ0n) is 6.46. The highest BCUT2D eigenvalue weighted by molar-refractivity contribution is 5.64. The summed E-state index contributed by atoms with van der Waals surface area (Å²) in [5.74, 6) is 0. The summed E-state index contributed by atoms with van der Waals surface area (Å²) < 4.78 is 25.6. The largest absolute Gasteiger partial charge is 0.465 e. The fourth-order valence-corrected chi connectivity index (χ4v) is 1.41. The molecule has 1 aliphatic carbocycles. The first-order chi connectivity index (χ1) is 5.61. The molecule has 0 spiro atoms. The quantitative estimate of drug-likeness (QED) is 0.640. The number of halogens is 2. The van der Waals surface area contributed by atoms with Crippen molar-refractivity contribution in [1.29, 1.82) is 0 Å². The van der Waals surface area contributed by atoms with Gasteiger partial charge in [0, 0.05) is 0 Å². The van der Waals surface area contributed by atoms with Crippen molar-refractivity contribution in [2.75, 3.05) is 0 Å². The SMILES string of the molecule is O=C(O)NC1CCCC(F)C1F. The summed E-state index contributed by atoms with van der Waals surface area (Å²) in [4.78, 5) is 10.1. The van der Waals surface area contributed by atoms with Gasteiger partial charge in [0.15, 0.2) is 6.17 Å². The Balaban J connectivity index is 2.46. The maximum atomic E-state index is 12.9. The summed E-state index contributed by atoms with van der Waals surface area (Å²) in [5, 5.41) is 10.2. The molecule has 0 aromatic rings.